The lowest BCUT2D eigenvalue weighted by Gasteiger charge is -1.33. The Morgan fingerprint density at radius 1 is 1.25 bits per heavy atom. The van der Waals surface area contributed by atoms with E-state index >= 15 is 0 Å². The number of rotatable bonds is 0. The van der Waals surface area contributed by atoms with Crippen molar-refractivity contribution in [1.29, 1.82) is 0 Å². The van der Waals surface area contributed by atoms with Gasteiger partial charge in [-0.25, -0.2) is 0 Å². The molecule has 4 heteroatoms. The molecule has 0 atom stereocenters. The molecule has 0 spiro atoms. The fourth-order valence-electron chi connectivity index (χ4n) is 0. The maximum Gasteiger partial charge on any atom is 0.560 e. The van der Waals surface area contributed by atoms with Gasteiger partial charge in [-0.3, -0.25) is 25.8 Å². The van der Waals surface area contributed by atoms with Crippen LogP contribution in [0.5, 0.6) is 0 Å². The standard InChI is InChI=1S/BH3.2BrH.Mg/h1H3;2*1H;/q;;;+2/p-2. The number of hydrogen-bond acceptors (Lipinski definition) is 0. The van der Waals surface area contributed by atoms with Crippen molar-refractivity contribution in [3.05, 3.63) is 0 Å². The van der Waals surface area contributed by atoms with Crippen LogP contribution in [0.15, 0.2) is 0 Å². The molecule has 0 heterocycles. The van der Waals surface area contributed by atoms with E-state index in [2.05, 4.69) is 25.8 Å². The quantitative estimate of drug-likeness (QED) is 0.485. The van der Waals surface area contributed by atoms with E-state index in [-0.39, 0.29) is 24.4 Å². The van der Waals surface area contributed by atoms with E-state index < -0.39 is 0 Å². The maximum atomic E-state index is 3.20. The molecule has 0 unspecified atom stereocenters. The molecule has 0 aromatic heterocycles. The summed E-state index contributed by atoms with van der Waals surface area (Å²) < 4.78 is 0. The van der Waals surface area contributed by atoms with E-state index in [4.69, 9.17) is 0 Å². The van der Waals surface area contributed by atoms with Gasteiger partial charge in [-0.2, -0.15) is 0 Å². The molecule has 4 heavy (non-hydrogen) atoms. The van der Waals surface area contributed by atoms with Crippen molar-refractivity contribution in [3.8, 4) is 0 Å². The van der Waals surface area contributed by atoms with Gasteiger partial charge >= 0.3 is 16.0 Å². The van der Waals surface area contributed by atoms with Crippen molar-refractivity contribution in [2.24, 2.45) is 0 Å². The first-order valence-corrected chi connectivity index (χ1v) is 8.33. The third-order valence-corrected chi connectivity index (χ3v) is 0. The first-order valence-electron chi connectivity index (χ1n) is 0.535. The molecule has 0 rings (SSSR count). The maximum absolute atomic E-state index is 3.20. The molecular weight excluding hydrogens is 195 g/mol. The van der Waals surface area contributed by atoms with Gasteiger partial charge in [-0.15, -0.1) is 0 Å². The lowest BCUT2D eigenvalue weighted by molar-refractivity contribution is 5.22. The SMILES string of the molecule is B.[Br][Mg][Br]. The molecular formula is H3BBr2Mg. The molecule has 0 aromatic rings. The summed E-state index contributed by atoms with van der Waals surface area (Å²) >= 11 is 6.44. The van der Waals surface area contributed by atoms with Crippen LogP contribution < -0.4 is 0 Å². The zero-order chi connectivity index (χ0) is 2.71. The Hall–Kier alpha value is 1.79. The smallest absolute Gasteiger partial charge is 0.280 e. The minimum atomic E-state index is 0. The van der Waals surface area contributed by atoms with Gasteiger partial charge < -0.3 is 0 Å². The molecule has 22 valence electrons. The predicted molar refractivity (Wildman–Crippen MR) is 33.5 cm³/mol. The van der Waals surface area contributed by atoms with E-state index in [1.807, 2.05) is 0 Å². The van der Waals surface area contributed by atoms with E-state index in [0.717, 1.165) is 0 Å². The lowest BCUT2D eigenvalue weighted by atomic mass is 10.8. The van der Waals surface area contributed by atoms with Gasteiger partial charge in [0.1, 0.15) is 0 Å². The average molecular weight is 198 g/mol. The lowest BCUT2D eigenvalue weighted by Crippen LogP contribution is -1.31. The number of hydrogen-bond donors (Lipinski definition) is 0. The van der Waals surface area contributed by atoms with Gasteiger partial charge in [0.2, 0.25) is 0 Å². The summed E-state index contributed by atoms with van der Waals surface area (Å²) in [6, 6.07) is 0. The fraction of sp³-hybridized carbons (Fsp3) is 0. The van der Waals surface area contributed by atoms with Gasteiger partial charge in [0.25, 0.3) is 0 Å². The van der Waals surface area contributed by atoms with Crippen molar-refractivity contribution >= 4 is 50.2 Å². The second-order valence-electron chi connectivity index (χ2n) is 0.101. The van der Waals surface area contributed by atoms with Gasteiger partial charge in [0, 0.05) is 0 Å². The summed E-state index contributed by atoms with van der Waals surface area (Å²) in [6.45, 7) is 0. The summed E-state index contributed by atoms with van der Waals surface area (Å²) in [5, 5.41) is 0. The molecule has 0 aromatic carbocycles. The van der Waals surface area contributed by atoms with Crippen LogP contribution in [0.1, 0.15) is 0 Å². The highest BCUT2D eigenvalue weighted by Crippen LogP contribution is 1.77. The van der Waals surface area contributed by atoms with Gasteiger partial charge in [-0.1, -0.05) is 0 Å². The molecule has 0 fully saturated rings. The predicted octanol–water partition coefficient (Wildman–Crippen LogP) is 0.126. The fourth-order valence-corrected chi connectivity index (χ4v) is 0. The average Bonchev–Trinajstić information content (AvgIpc) is 0.918. The third kappa shape index (κ3) is 9.21. The van der Waals surface area contributed by atoms with Crippen LogP contribution >= 0.6 is 25.8 Å². The van der Waals surface area contributed by atoms with Gasteiger partial charge in [0.15, 0.2) is 0 Å². The van der Waals surface area contributed by atoms with Crippen LogP contribution in [-0.4, -0.2) is 24.4 Å². The Balaban J connectivity index is 0. The van der Waals surface area contributed by atoms with Crippen molar-refractivity contribution in [1.82, 2.24) is 0 Å². The minimum Gasteiger partial charge on any atom is -0.280 e. The molecule has 0 aliphatic carbocycles. The van der Waals surface area contributed by atoms with Crippen LogP contribution in [0.2, 0.25) is 0 Å². The minimum absolute atomic E-state index is 0. The van der Waals surface area contributed by atoms with Crippen LogP contribution in [0.4, 0.5) is 0 Å². The number of halogens is 2. The third-order valence-electron chi connectivity index (χ3n) is 0. The zero-order valence-electron chi connectivity index (χ0n) is 1.46. The second-order valence-corrected chi connectivity index (χ2v) is 8.18. The Labute approximate surface area is 49.8 Å². The van der Waals surface area contributed by atoms with Crippen LogP contribution in [0.25, 0.3) is 0 Å². The summed E-state index contributed by atoms with van der Waals surface area (Å²) in [6.07, 6.45) is 0. The highest BCUT2D eigenvalue weighted by Gasteiger charge is 1.62. The molecule has 0 aliphatic rings. The first kappa shape index (κ1) is 9.25. The van der Waals surface area contributed by atoms with E-state index in [9.17, 15) is 0 Å². The summed E-state index contributed by atoms with van der Waals surface area (Å²) in [5.41, 5.74) is 0. The normalized spacial score (nSPS) is 2.50. The second kappa shape index (κ2) is 8.84. The zero-order valence-corrected chi connectivity index (χ0v) is 6.05. The molecule has 0 amide bonds. The van der Waals surface area contributed by atoms with E-state index in [1.54, 1.807) is 0 Å². The first-order chi connectivity index (χ1) is 1.41. The highest BCUT2D eigenvalue weighted by molar-refractivity contribution is 9.47. The Morgan fingerprint density at radius 3 is 1.25 bits per heavy atom. The van der Waals surface area contributed by atoms with Crippen LogP contribution in [0, 0.1) is 0 Å². The Kier molecular flexibility index (Phi) is 20.4. The highest BCUT2D eigenvalue weighted by atomic mass is 79.9. The van der Waals surface area contributed by atoms with Crippen LogP contribution in [0.3, 0.4) is 0 Å². The summed E-state index contributed by atoms with van der Waals surface area (Å²) in [5.74, 6) is 0. The summed E-state index contributed by atoms with van der Waals surface area (Å²) in [7, 11) is 0. The van der Waals surface area contributed by atoms with Crippen molar-refractivity contribution in [3.63, 3.8) is 0 Å². The van der Waals surface area contributed by atoms with Gasteiger partial charge in [0.05, 0.1) is 8.41 Å². The molecule has 0 bridgehead atoms. The Bertz CT molecular complexity index is 6.00. The molecule has 0 aliphatic heterocycles. The van der Waals surface area contributed by atoms with Crippen molar-refractivity contribution in [2.75, 3.05) is 0 Å². The van der Waals surface area contributed by atoms with Crippen LogP contribution in [-0.2, 0) is 0 Å². The molecule has 0 nitrogen and oxygen atoms in total. The van der Waals surface area contributed by atoms with Crippen molar-refractivity contribution in [2.45, 2.75) is 0 Å². The monoisotopic (exact) mass is 196 g/mol. The van der Waals surface area contributed by atoms with E-state index in [0.29, 0.717) is 0 Å². The molecule has 0 saturated carbocycles. The Morgan fingerprint density at radius 2 is 1.25 bits per heavy atom. The molecule has 0 radical (unpaired) electrons. The van der Waals surface area contributed by atoms with Crippen molar-refractivity contribution < 1.29 is 0 Å². The summed E-state index contributed by atoms with van der Waals surface area (Å²) in [4.78, 5) is 0. The molecule has 0 N–H and O–H groups in total. The molecule has 0 saturated heterocycles. The van der Waals surface area contributed by atoms with Gasteiger partial charge in [-0.05, 0) is 0 Å². The largest absolute Gasteiger partial charge is 0.560 e. The topological polar surface area (TPSA) is 0 Å². The van der Waals surface area contributed by atoms with E-state index in [1.165, 1.54) is 0 Å².